The molecule has 15 heavy (non-hydrogen) atoms. The van der Waals surface area contributed by atoms with Gasteiger partial charge in [-0.25, -0.2) is 0 Å². The minimum Gasteiger partial charge on any atom is -0.338 e. The van der Waals surface area contributed by atoms with Crippen LogP contribution in [0.3, 0.4) is 0 Å². The predicted octanol–water partition coefficient (Wildman–Crippen LogP) is 3.10. The summed E-state index contributed by atoms with van der Waals surface area (Å²) in [4.78, 5) is 13.0. The van der Waals surface area contributed by atoms with Crippen LogP contribution in [0.15, 0.2) is 24.3 Å². The summed E-state index contributed by atoms with van der Waals surface area (Å²) in [6.45, 7) is 1.94. The average Bonchev–Trinajstić information content (AvgIpc) is 2.26. The number of nitrogens with zero attached hydrogens (tertiary/aromatic N) is 1. The number of amides is 1. The summed E-state index contributed by atoms with van der Waals surface area (Å²) in [5, 5.41) is 0.672. The largest absolute Gasteiger partial charge is 0.338 e. The van der Waals surface area contributed by atoms with Crippen LogP contribution in [0.25, 0.3) is 0 Å². The molecule has 0 bridgehead atoms. The molecule has 0 spiro atoms. The van der Waals surface area contributed by atoms with E-state index in [1.54, 1.807) is 18.0 Å². The lowest BCUT2D eigenvalue weighted by Gasteiger charge is -2.24. The van der Waals surface area contributed by atoms with Crippen molar-refractivity contribution in [3.05, 3.63) is 34.9 Å². The molecule has 1 amide bonds. The standard InChI is InChI=1S/C11H13Cl2NO/c1-8(14(2)11(15)7-12)9-4-3-5-10(13)6-9/h3-6,8H,7H2,1-2H3. The molecule has 0 aliphatic carbocycles. The fourth-order valence-corrected chi connectivity index (χ4v) is 1.69. The highest BCUT2D eigenvalue weighted by atomic mass is 35.5. The topological polar surface area (TPSA) is 20.3 Å². The number of halogens is 2. The molecule has 0 N–H and O–H groups in total. The molecule has 2 nitrogen and oxygen atoms in total. The Hall–Kier alpha value is -0.730. The molecule has 0 heterocycles. The van der Waals surface area contributed by atoms with Crippen molar-refractivity contribution in [2.45, 2.75) is 13.0 Å². The van der Waals surface area contributed by atoms with Crippen LogP contribution in [-0.2, 0) is 4.79 Å². The monoisotopic (exact) mass is 245 g/mol. The van der Waals surface area contributed by atoms with E-state index in [2.05, 4.69) is 0 Å². The molecule has 0 radical (unpaired) electrons. The summed E-state index contributed by atoms with van der Waals surface area (Å²) in [6.07, 6.45) is 0. The third-order valence-electron chi connectivity index (χ3n) is 2.42. The molecule has 1 unspecified atom stereocenters. The van der Waals surface area contributed by atoms with Gasteiger partial charge in [0.05, 0.1) is 6.04 Å². The highest BCUT2D eigenvalue weighted by Gasteiger charge is 2.16. The van der Waals surface area contributed by atoms with Gasteiger partial charge in [0.1, 0.15) is 5.88 Å². The number of carbonyl (C=O) groups excluding carboxylic acids is 1. The van der Waals surface area contributed by atoms with Crippen molar-refractivity contribution in [2.24, 2.45) is 0 Å². The average molecular weight is 246 g/mol. The summed E-state index contributed by atoms with van der Waals surface area (Å²) in [6, 6.07) is 7.45. The van der Waals surface area contributed by atoms with Crippen LogP contribution in [0.2, 0.25) is 5.02 Å². The van der Waals surface area contributed by atoms with Gasteiger partial charge in [-0.05, 0) is 24.6 Å². The lowest BCUT2D eigenvalue weighted by molar-refractivity contribution is -0.129. The first-order chi connectivity index (χ1) is 7.06. The van der Waals surface area contributed by atoms with Crippen molar-refractivity contribution in [3.63, 3.8) is 0 Å². The third-order valence-corrected chi connectivity index (χ3v) is 2.88. The van der Waals surface area contributed by atoms with E-state index in [1.165, 1.54) is 0 Å². The molecule has 0 aliphatic heterocycles. The van der Waals surface area contributed by atoms with E-state index in [9.17, 15) is 4.79 Å². The van der Waals surface area contributed by atoms with Crippen LogP contribution in [0, 0.1) is 0 Å². The summed E-state index contributed by atoms with van der Waals surface area (Å²) in [7, 11) is 1.73. The third kappa shape index (κ3) is 3.11. The van der Waals surface area contributed by atoms with Crippen LogP contribution >= 0.6 is 23.2 Å². The minimum atomic E-state index is -0.0934. The highest BCUT2D eigenvalue weighted by molar-refractivity contribution is 6.30. The first-order valence-electron chi connectivity index (χ1n) is 4.63. The van der Waals surface area contributed by atoms with Crippen LogP contribution in [0.1, 0.15) is 18.5 Å². The van der Waals surface area contributed by atoms with Gasteiger partial charge in [0.2, 0.25) is 5.91 Å². The SMILES string of the molecule is CC(c1cccc(Cl)c1)N(C)C(=O)CCl. The van der Waals surface area contributed by atoms with Crippen LogP contribution in [0.5, 0.6) is 0 Å². The molecule has 0 saturated heterocycles. The first kappa shape index (κ1) is 12.3. The second-order valence-electron chi connectivity index (χ2n) is 3.37. The number of rotatable bonds is 3. The zero-order chi connectivity index (χ0) is 11.4. The zero-order valence-corrected chi connectivity index (χ0v) is 10.2. The van der Waals surface area contributed by atoms with Gasteiger partial charge < -0.3 is 4.90 Å². The molecule has 1 aromatic rings. The van der Waals surface area contributed by atoms with Crippen LogP contribution in [0.4, 0.5) is 0 Å². The number of hydrogen-bond acceptors (Lipinski definition) is 1. The van der Waals surface area contributed by atoms with Crippen molar-refractivity contribution in [2.75, 3.05) is 12.9 Å². The normalized spacial score (nSPS) is 12.3. The van der Waals surface area contributed by atoms with Gasteiger partial charge in [-0.2, -0.15) is 0 Å². The van der Waals surface area contributed by atoms with Crippen LogP contribution in [-0.4, -0.2) is 23.7 Å². The van der Waals surface area contributed by atoms with Crippen molar-refractivity contribution in [3.8, 4) is 0 Å². The number of carbonyl (C=O) groups is 1. The Morgan fingerprint density at radius 1 is 1.53 bits per heavy atom. The van der Waals surface area contributed by atoms with Gasteiger partial charge in [-0.15, -0.1) is 11.6 Å². The van der Waals surface area contributed by atoms with Gasteiger partial charge in [-0.3, -0.25) is 4.79 Å². The minimum absolute atomic E-state index is 0.00139. The van der Waals surface area contributed by atoms with Gasteiger partial charge in [0.15, 0.2) is 0 Å². The van der Waals surface area contributed by atoms with E-state index in [1.807, 2.05) is 25.1 Å². The van der Waals surface area contributed by atoms with Crippen LogP contribution < -0.4 is 0 Å². The maximum atomic E-state index is 11.4. The molecule has 0 aliphatic rings. The molecular formula is C11H13Cl2NO. The van der Waals surface area contributed by atoms with E-state index in [0.717, 1.165) is 5.56 Å². The van der Waals surface area contributed by atoms with E-state index >= 15 is 0 Å². The Bertz CT molecular complexity index is 354. The lowest BCUT2D eigenvalue weighted by Crippen LogP contribution is -2.30. The maximum absolute atomic E-state index is 11.4. The van der Waals surface area contributed by atoms with Crippen molar-refractivity contribution in [1.29, 1.82) is 0 Å². The smallest absolute Gasteiger partial charge is 0.237 e. The molecule has 1 atom stereocenters. The molecular weight excluding hydrogens is 233 g/mol. The number of benzene rings is 1. The lowest BCUT2D eigenvalue weighted by atomic mass is 10.1. The molecule has 1 aromatic carbocycles. The Morgan fingerprint density at radius 2 is 2.20 bits per heavy atom. The summed E-state index contributed by atoms with van der Waals surface area (Å²) in [5.74, 6) is -0.0920. The Labute approximate surface area is 99.8 Å². The molecule has 0 aromatic heterocycles. The quantitative estimate of drug-likeness (QED) is 0.750. The first-order valence-corrected chi connectivity index (χ1v) is 5.54. The van der Waals surface area contributed by atoms with Gasteiger partial charge in [0, 0.05) is 12.1 Å². The van der Waals surface area contributed by atoms with E-state index < -0.39 is 0 Å². The number of hydrogen-bond donors (Lipinski definition) is 0. The second kappa shape index (κ2) is 5.38. The van der Waals surface area contributed by atoms with Gasteiger partial charge in [-0.1, -0.05) is 23.7 Å². The summed E-state index contributed by atoms with van der Waals surface area (Å²) in [5.41, 5.74) is 1.00. The molecule has 4 heteroatoms. The Morgan fingerprint density at radius 3 is 2.73 bits per heavy atom. The molecule has 82 valence electrons. The zero-order valence-electron chi connectivity index (χ0n) is 8.71. The van der Waals surface area contributed by atoms with E-state index in [0.29, 0.717) is 5.02 Å². The Kier molecular flexibility index (Phi) is 4.43. The fraction of sp³-hybridized carbons (Fsp3) is 0.364. The van der Waals surface area contributed by atoms with Crippen molar-refractivity contribution >= 4 is 29.1 Å². The summed E-state index contributed by atoms with van der Waals surface area (Å²) < 4.78 is 0. The van der Waals surface area contributed by atoms with Gasteiger partial charge >= 0.3 is 0 Å². The highest BCUT2D eigenvalue weighted by Crippen LogP contribution is 2.21. The molecule has 1 rings (SSSR count). The van der Waals surface area contributed by atoms with E-state index in [-0.39, 0.29) is 17.8 Å². The second-order valence-corrected chi connectivity index (χ2v) is 4.07. The Balaban J connectivity index is 2.84. The maximum Gasteiger partial charge on any atom is 0.237 e. The predicted molar refractivity (Wildman–Crippen MR) is 63.4 cm³/mol. The van der Waals surface area contributed by atoms with Gasteiger partial charge in [0.25, 0.3) is 0 Å². The van der Waals surface area contributed by atoms with Crippen molar-refractivity contribution < 1.29 is 4.79 Å². The van der Waals surface area contributed by atoms with E-state index in [4.69, 9.17) is 23.2 Å². The molecule has 0 saturated carbocycles. The number of alkyl halides is 1. The molecule has 0 fully saturated rings. The van der Waals surface area contributed by atoms with Crippen molar-refractivity contribution in [1.82, 2.24) is 4.90 Å². The fourth-order valence-electron chi connectivity index (χ4n) is 1.30. The summed E-state index contributed by atoms with van der Waals surface area (Å²) >= 11 is 11.4.